The minimum Gasteiger partial charge on any atom is -0.493 e. The summed E-state index contributed by atoms with van der Waals surface area (Å²) in [5.74, 6) is 1.27. The molecule has 1 fully saturated rings. The normalized spacial score (nSPS) is 18.1. The van der Waals surface area contributed by atoms with Gasteiger partial charge in [0.25, 0.3) is 0 Å². The zero-order valence-electron chi connectivity index (χ0n) is 15.6. The molecule has 7 nitrogen and oxygen atoms in total. The summed E-state index contributed by atoms with van der Waals surface area (Å²) >= 11 is 0. The van der Waals surface area contributed by atoms with Crippen LogP contribution in [0.4, 0.5) is 0 Å². The number of hydrogen-bond acceptors (Lipinski definition) is 5. The van der Waals surface area contributed by atoms with Gasteiger partial charge >= 0.3 is 0 Å². The number of carbonyl (C=O) groups excluding carboxylic acids is 2. The molecule has 0 bridgehead atoms. The highest BCUT2D eigenvalue weighted by Gasteiger charge is 2.39. The average molecular weight is 349 g/mol. The summed E-state index contributed by atoms with van der Waals surface area (Å²) in [5.41, 5.74) is 0.585. The van der Waals surface area contributed by atoms with E-state index >= 15 is 0 Å². The molecule has 1 aliphatic rings. The van der Waals surface area contributed by atoms with Gasteiger partial charge in [0.1, 0.15) is 11.7 Å². The maximum Gasteiger partial charge on any atom is 0.245 e. The Morgan fingerprint density at radius 1 is 1.28 bits per heavy atom. The molecule has 1 aromatic heterocycles. The van der Waals surface area contributed by atoms with Crippen LogP contribution in [0.25, 0.3) is 0 Å². The average Bonchev–Trinajstić information content (AvgIpc) is 2.60. The molecule has 2 heterocycles. The number of pyridine rings is 1. The fraction of sp³-hybridized carbons (Fsp3) is 0.611. The summed E-state index contributed by atoms with van der Waals surface area (Å²) in [6, 6.07) is 1.23. The fourth-order valence-electron chi connectivity index (χ4n) is 3.12. The third-order valence-corrected chi connectivity index (χ3v) is 4.38. The van der Waals surface area contributed by atoms with Crippen molar-refractivity contribution in [3.8, 4) is 11.5 Å². The third kappa shape index (κ3) is 4.03. The van der Waals surface area contributed by atoms with E-state index in [-0.39, 0.29) is 24.9 Å². The summed E-state index contributed by atoms with van der Waals surface area (Å²) in [7, 11) is 3.09. The van der Waals surface area contributed by atoms with Crippen LogP contribution in [0.1, 0.15) is 32.9 Å². The predicted molar refractivity (Wildman–Crippen MR) is 93.4 cm³/mol. The summed E-state index contributed by atoms with van der Waals surface area (Å²) in [6.45, 7) is 6.85. The quantitative estimate of drug-likeness (QED) is 0.749. The molecule has 1 aromatic rings. The van der Waals surface area contributed by atoms with E-state index in [1.807, 2.05) is 20.8 Å². The van der Waals surface area contributed by atoms with Crippen molar-refractivity contribution < 1.29 is 19.1 Å². The van der Waals surface area contributed by atoms with E-state index in [0.29, 0.717) is 36.1 Å². The summed E-state index contributed by atoms with van der Waals surface area (Å²) in [6.07, 6.45) is 2.23. The molecule has 2 amide bonds. The Morgan fingerprint density at radius 3 is 2.56 bits per heavy atom. The van der Waals surface area contributed by atoms with Crippen LogP contribution < -0.4 is 9.47 Å². The monoisotopic (exact) mass is 349 g/mol. The molecule has 25 heavy (non-hydrogen) atoms. The van der Waals surface area contributed by atoms with Crippen LogP contribution in [0.2, 0.25) is 0 Å². The number of aromatic nitrogens is 1. The molecule has 0 unspecified atom stereocenters. The van der Waals surface area contributed by atoms with E-state index in [2.05, 4.69) is 4.98 Å². The number of methoxy groups -OCH3 is 2. The van der Waals surface area contributed by atoms with Gasteiger partial charge in [-0.25, -0.2) is 0 Å². The number of ether oxygens (including phenoxy) is 2. The highest BCUT2D eigenvalue weighted by atomic mass is 16.5. The van der Waals surface area contributed by atoms with Crippen molar-refractivity contribution in [3.63, 3.8) is 0 Å². The minimum atomic E-state index is -0.473. The van der Waals surface area contributed by atoms with Crippen molar-refractivity contribution in [3.05, 3.63) is 18.0 Å². The second-order valence-electron chi connectivity index (χ2n) is 6.51. The largest absolute Gasteiger partial charge is 0.493 e. The van der Waals surface area contributed by atoms with Gasteiger partial charge in [-0.1, -0.05) is 13.8 Å². The lowest BCUT2D eigenvalue weighted by atomic mass is 9.98. The Kier molecular flexibility index (Phi) is 6.22. The van der Waals surface area contributed by atoms with E-state index in [1.165, 1.54) is 7.11 Å². The van der Waals surface area contributed by atoms with E-state index in [1.54, 1.807) is 29.2 Å². The molecule has 2 rings (SSSR count). The van der Waals surface area contributed by atoms with Crippen LogP contribution in [0.15, 0.2) is 12.3 Å². The van der Waals surface area contributed by atoms with Crippen molar-refractivity contribution in [2.24, 2.45) is 5.92 Å². The molecule has 0 spiro atoms. The first kappa shape index (κ1) is 19.0. The van der Waals surface area contributed by atoms with Crippen molar-refractivity contribution in [2.45, 2.75) is 39.8 Å². The smallest absolute Gasteiger partial charge is 0.245 e. The third-order valence-electron chi connectivity index (χ3n) is 4.38. The first-order valence-electron chi connectivity index (χ1n) is 8.56. The lowest BCUT2D eigenvalue weighted by Crippen LogP contribution is -2.59. The van der Waals surface area contributed by atoms with Crippen molar-refractivity contribution in [2.75, 3.05) is 27.3 Å². The van der Waals surface area contributed by atoms with Crippen LogP contribution in [0, 0.1) is 5.92 Å². The first-order valence-corrected chi connectivity index (χ1v) is 8.56. The summed E-state index contributed by atoms with van der Waals surface area (Å²) < 4.78 is 10.7. The van der Waals surface area contributed by atoms with Gasteiger partial charge < -0.3 is 19.3 Å². The van der Waals surface area contributed by atoms with Crippen LogP contribution in [-0.2, 0) is 16.1 Å². The number of hydrogen-bond donors (Lipinski definition) is 0. The van der Waals surface area contributed by atoms with Gasteiger partial charge in [0, 0.05) is 18.8 Å². The summed E-state index contributed by atoms with van der Waals surface area (Å²) in [5, 5.41) is 0. The number of likely N-dealkylation sites (N-methyl/N-ethyl adjacent to an activating group) is 1. The SMILES string of the molecule is CCN1CC(=O)N(Cc2nccc(OC)c2OC)[C@@H](CC(C)C)C1=O. The van der Waals surface area contributed by atoms with Crippen LogP contribution in [0.5, 0.6) is 11.5 Å². The first-order chi connectivity index (χ1) is 11.9. The Bertz CT molecular complexity index is 633. The molecule has 1 atom stereocenters. The number of rotatable bonds is 7. The second kappa shape index (κ2) is 8.18. The second-order valence-corrected chi connectivity index (χ2v) is 6.51. The van der Waals surface area contributed by atoms with E-state index in [0.717, 1.165) is 0 Å². The Balaban J connectivity index is 2.35. The molecule has 0 N–H and O–H groups in total. The zero-order valence-corrected chi connectivity index (χ0v) is 15.6. The van der Waals surface area contributed by atoms with Gasteiger partial charge in [-0.15, -0.1) is 0 Å². The van der Waals surface area contributed by atoms with Crippen LogP contribution >= 0.6 is 0 Å². The Labute approximate surface area is 148 Å². The highest BCUT2D eigenvalue weighted by molar-refractivity contribution is 5.94. The van der Waals surface area contributed by atoms with Crippen molar-refractivity contribution >= 4 is 11.8 Å². The maximum atomic E-state index is 12.8. The fourth-order valence-corrected chi connectivity index (χ4v) is 3.12. The van der Waals surface area contributed by atoms with Crippen molar-refractivity contribution in [1.82, 2.24) is 14.8 Å². The topological polar surface area (TPSA) is 72.0 Å². The van der Waals surface area contributed by atoms with Crippen LogP contribution in [0.3, 0.4) is 0 Å². The van der Waals surface area contributed by atoms with E-state index in [4.69, 9.17) is 9.47 Å². The standard InChI is InChI=1S/C18H27N3O4/c1-6-20-11-16(22)21(14(18(20)23)9-12(2)3)10-13-17(25-5)15(24-4)7-8-19-13/h7-8,12,14H,6,9-11H2,1-5H3/t14-/m0/s1. The summed E-state index contributed by atoms with van der Waals surface area (Å²) in [4.78, 5) is 33.0. The van der Waals surface area contributed by atoms with Gasteiger partial charge in [-0.3, -0.25) is 14.6 Å². The Morgan fingerprint density at radius 2 is 2.00 bits per heavy atom. The van der Waals surface area contributed by atoms with Crippen molar-refractivity contribution in [1.29, 1.82) is 0 Å². The zero-order chi connectivity index (χ0) is 18.6. The molecule has 138 valence electrons. The lowest BCUT2D eigenvalue weighted by molar-refractivity contribution is -0.157. The molecular formula is C18H27N3O4. The lowest BCUT2D eigenvalue weighted by Gasteiger charge is -2.40. The highest BCUT2D eigenvalue weighted by Crippen LogP contribution is 2.31. The van der Waals surface area contributed by atoms with Gasteiger partial charge in [0.05, 0.1) is 27.3 Å². The molecule has 0 saturated carbocycles. The molecule has 0 aromatic carbocycles. The Hall–Kier alpha value is -2.31. The number of piperazine rings is 1. The molecule has 7 heteroatoms. The van der Waals surface area contributed by atoms with Gasteiger partial charge in [-0.2, -0.15) is 0 Å². The molecule has 1 aliphatic heterocycles. The predicted octanol–water partition coefficient (Wildman–Crippen LogP) is 1.70. The maximum absolute atomic E-state index is 12.8. The molecule has 0 radical (unpaired) electrons. The molecule has 1 saturated heterocycles. The van der Waals surface area contributed by atoms with Gasteiger partial charge in [0.2, 0.25) is 11.8 Å². The van der Waals surface area contributed by atoms with Gasteiger partial charge in [0.15, 0.2) is 11.5 Å². The number of carbonyl (C=O) groups is 2. The van der Waals surface area contributed by atoms with E-state index in [9.17, 15) is 9.59 Å². The number of amides is 2. The van der Waals surface area contributed by atoms with E-state index < -0.39 is 6.04 Å². The number of nitrogens with zero attached hydrogens (tertiary/aromatic N) is 3. The minimum absolute atomic E-state index is 0.00216. The van der Waals surface area contributed by atoms with Crippen LogP contribution in [-0.4, -0.2) is 59.9 Å². The molecule has 0 aliphatic carbocycles. The molecular weight excluding hydrogens is 322 g/mol. The van der Waals surface area contributed by atoms with Gasteiger partial charge in [-0.05, 0) is 19.3 Å².